The van der Waals surface area contributed by atoms with E-state index in [4.69, 9.17) is 13.6 Å². The number of fused-ring (bicyclic) bond motifs is 1. The fraction of sp³-hybridized carbons (Fsp3) is 0.250. The molecule has 0 aliphatic rings. The summed E-state index contributed by atoms with van der Waals surface area (Å²) in [4.78, 5) is 35.5. The van der Waals surface area contributed by atoms with Gasteiger partial charge in [0, 0.05) is 24.1 Å². The summed E-state index contributed by atoms with van der Waals surface area (Å²) in [5, 5.41) is 3.38. The number of aryl methyl sites for hydroxylation is 2. The summed E-state index contributed by atoms with van der Waals surface area (Å²) in [7, 11) is 0. The van der Waals surface area contributed by atoms with E-state index in [1.807, 2.05) is 19.9 Å². The maximum atomic E-state index is 12.1. The van der Waals surface area contributed by atoms with Crippen LogP contribution in [0.4, 0.5) is 0 Å². The molecule has 2 aromatic heterocycles. The van der Waals surface area contributed by atoms with Crippen LogP contribution >= 0.6 is 0 Å². The minimum atomic E-state index is -0.501. The van der Waals surface area contributed by atoms with E-state index in [1.165, 1.54) is 18.4 Å². The number of benzene rings is 1. The van der Waals surface area contributed by atoms with Gasteiger partial charge in [0.1, 0.15) is 11.3 Å². The average Bonchev–Trinajstić information content (AvgIpc) is 3.15. The monoisotopic (exact) mass is 369 g/mol. The van der Waals surface area contributed by atoms with Gasteiger partial charge in [0.15, 0.2) is 5.76 Å². The van der Waals surface area contributed by atoms with Crippen LogP contribution in [-0.4, -0.2) is 18.4 Å². The first kappa shape index (κ1) is 18.4. The fourth-order valence-corrected chi connectivity index (χ4v) is 2.71. The van der Waals surface area contributed by atoms with Crippen LogP contribution in [0.3, 0.4) is 0 Å². The van der Waals surface area contributed by atoms with E-state index in [0.29, 0.717) is 17.8 Å². The van der Waals surface area contributed by atoms with Gasteiger partial charge in [0.25, 0.3) is 5.91 Å². The van der Waals surface area contributed by atoms with Gasteiger partial charge >= 0.3 is 11.6 Å². The third-order valence-electron chi connectivity index (χ3n) is 4.10. The van der Waals surface area contributed by atoms with Crippen molar-refractivity contribution in [2.24, 2.45) is 0 Å². The molecule has 140 valence electrons. The van der Waals surface area contributed by atoms with Crippen LogP contribution in [0.2, 0.25) is 0 Å². The van der Waals surface area contributed by atoms with Crippen LogP contribution in [0, 0.1) is 6.92 Å². The SMILES string of the molecule is CCc1cc2c(C)cc(=O)oc2cc1OC(=O)CCNC(=O)c1ccco1. The van der Waals surface area contributed by atoms with Crippen molar-refractivity contribution < 1.29 is 23.2 Å². The predicted octanol–water partition coefficient (Wildman–Crippen LogP) is 2.98. The lowest BCUT2D eigenvalue weighted by Gasteiger charge is -2.11. The van der Waals surface area contributed by atoms with Crippen molar-refractivity contribution in [1.29, 1.82) is 0 Å². The predicted molar refractivity (Wildman–Crippen MR) is 97.9 cm³/mol. The molecule has 3 rings (SSSR count). The van der Waals surface area contributed by atoms with Crippen molar-refractivity contribution in [3.63, 3.8) is 0 Å². The third-order valence-corrected chi connectivity index (χ3v) is 4.10. The molecule has 0 fully saturated rings. The van der Waals surface area contributed by atoms with Crippen molar-refractivity contribution >= 4 is 22.8 Å². The molecule has 27 heavy (non-hydrogen) atoms. The number of esters is 1. The maximum absolute atomic E-state index is 12.1. The van der Waals surface area contributed by atoms with Gasteiger partial charge in [0.05, 0.1) is 12.7 Å². The summed E-state index contributed by atoms with van der Waals surface area (Å²) < 4.78 is 15.6. The first-order valence-electron chi connectivity index (χ1n) is 8.57. The Morgan fingerprint density at radius 1 is 1.22 bits per heavy atom. The molecule has 1 aromatic carbocycles. The van der Waals surface area contributed by atoms with Gasteiger partial charge in [-0.25, -0.2) is 4.79 Å². The highest BCUT2D eigenvalue weighted by atomic mass is 16.5. The van der Waals surface area contributed by atoms with Crippen molar-refractivity contribution in [2.75, 3.05) is 6.54 Å². The molecule has 0 spiro atoms. The molecular weight excluding hydrogens is 350 g/mol. The van der Waals surface area contributed by atoms with E-state index in [2.05, 4.69) is 5.32 Å². The molecule has 7 nitrogen and oxygen atoms in total. The molecule has 0 aliphatic heterocycles. The summed E-state index contributed by atoms with van der Waals surface area (Å²) in [6, 6.07) is 7.98. The molecule has 0 saturated heterocycles. The number of amides is 1. The molecule has 0 unspecified atom stereocenters. The molecule has 3 aromatic rings. The first-order valence-corrected chi connectivity index (χ1v) is 8.57. The lowest BCUT2D eigenvalue weighted by molar-refractivity contribution is -0.134. The molecule has 0 bridgehead atoms. The zero-order valence-corrected chi connectivity index (χ0v) is 15.0. The van der Waals surface area contributed by atoms with E-state index in [9.17, 15) is 14.4 Å². The molecule has 0 radical (unpaired) electrons. The van der Waals surface area contributed by atoms with Crippen LogP contribution < -0.4 is 15.7 Å². The molecule has 2 heterocycles. The topological polar surface area (TPSA) is 98.7 Å². The number of hydrogen-bond acceptors (Lipinski definition) is 6. The molecule has 1 N–H and O–H groups in total. The third kappa shape index (κ3) is 4.25. The Bertz CT molecular complexity index is 1030. The summed E-state index contributed by atoms with van der Waals surface area (Å²) in [5.41, 5.74) is 1.54. The van der Waals surface area contributed by atoms with Crippen LogP contribution in [0.1, 0.15) is 35.0 Å². The Morgan fingerprint density at radius 3 is 2.74 bits per heavy atom. The van der Waals surface area contributed by atoms with Gasteiger partial charge in [-0.15, -0.1) is 0 Å². The molecule has 7 heteroatoms. The first-order chi connectivity index (χ1) is 13.0. The number of nitrogens with one attached hydrogen (secondary N) is 1. The zero-order chi connectivity index (χ0) is 19.4. The lowest BCUT2D eigenvalue weighted by Crippen LogP contribution is -2.26. The standard InChI is InChI=1S/C20H19NO6/c1-3-13-10-14-12(2)9-19(23)27-17(14)11-16(13)26-18(22)6-7-21-20(24)15-5-4-8-25-15/h4-5,8-11H,3,6-7H2,1-2H3,(H,21,24). The Hall–Kier alpha value is -3.35. The quantitative estimate of drug-likeness (QED) is 0.407. The number of ether oxygens (including phenoxy) is 1. The van der Waals surface area contributed by atoms with Crippen molar-refractivity contribution in [3.05, 3.63) is 63.9 Å². The van der Waals surface area contributed by atoms with E-state index in [-0.39, 0.29) is 18.7 Å². The van der Waals surface area contributed by atoms with Gasteiger partial charge in [-0.3, -0.25) is 9.59 Å². The fourth-order valence-electron chi connectivity index (χ4n) is 2.71. The number of hydrogen-bond donors (Lipinski definition) is 1. The summed E-state index contributed by atoms with van der Waals surface area (Å²) >= 11 is 0. The second-order valence-corrected chi connectivity index (χ2v) is 6.02. The van der Waals surface area contributed by atoms with E-state index < -0.39 is 17.5 Å². The molecule has 1 amide bonds. The van der Waals surface area contributed by atoms with Crippen molar-refractivity contribution in [1.82, 2.24) is 5.32 Å². The minimum Gasteiger partial charge on any atom is -0.459 e. The normalized spacial score (nSPS) is 10.7. The summed E-state index contributed by atoms with van der Waals surface area (Å²) in [6.45, 7) is 3.88. The van der Waals surface area contributed by atoms with Crippen LogP contribution in [0.15, 0.2) is 50.2 Å². The van der Waals surface area contributed by atoms with Gasteiger partial charge in [-0.05, 0) is 42.7 Å². The van der Waals surface area contributed by atoms with E-state index >= 15 is 0 Å². The smallest absolute Gasteiger partial charge is 0.336 e. The van der Waals surface area contributed by atoms with Crippen LogP contribution in [-0.2, 0) is 11.2 Å². The van der Waals surface area contributed by atoms with Gasteiger partial charge in [0.2, 0.25) is 0 Å². The van der Waals surface area contributed by atoms with Gasteiger partial charge in [-0.1, -0.05) is 6.92 Å². The maximum Gasteiger partial charge on any atom is 0.336 e. The van der Waals surface area contributed by atoms with Crippen LogP contribution in [0.5, 0.6) is 5.75 Å². The second kappa shape index (κ2) is 7.90. The Balaban J connectivity index is 1.68. The summed E-state index contributed by atoms with van der Waals surface area (Å²) in [5.74, 6) is -0.374. The van der Waals surface area contributed by atoms with E-state index in [1.54, 1.807) is 12.1 Å². The number of carbonyl (C=O) groups is 2. The Morgan fingerprint density at radius 2 is 2.04 bits per heavy atom. The average molecular weight is 369 g/mol. The largest absolute Gasteiger partial charge is 0.459 e. The zero-order valence-electron chi connectivity index (χ0n) is 15.0. The minimum absolute atomic E-state index is 0.00853. The lowest BCUT2D eigenvalue weighted by atomic mass is 10.1. The highest BCUT2D eigenvalue weighted by Crippen LogP contribution is 2.28. The highest BCUT2D eigenvalue weighted by Gasteiger charge is 2.14. The van der Waals surface area contributed by atoms with Gasteiger partial charge < -0.3 is 18.9 Å². The second-order valence-electron chi connectivity index (χ2n) is 6.02. The molecular formula is C20H19NO6. The van der Waals surface area contributed by atoms with E-state index in [0.717, 1.165) is 16.5 Å². The summed E-state index contributed by atoms with van der Waals surface area (Å²) in [6.07, 6.45) is 2.03. The van der Waals surface area contributed by atoms with Crippen molar-refractivity contribution in [3.8, 4) is 5.75 Å². The molecule has 0 aliphatic carbocycles. The Labute approximate surface area is 154 Å². The Kier molecular flexibility index (Phi) is 5.40. The molecule has 0 atom stereocenters. The number of rotatable bonds is 6. The molecule has 0 saturated carbocycles. The van der Waals surface area contributed by atoms with Crippen molar-refractivity contribution in [2.45, 2.75) is 26.7 Å². The van der Waals surface area contributed by atoms with Crippen LogP contribution in [0.25, 0.3) is 11.0 Å². The van der Waals surface area contributed by atoms with Gasteiger partial charge in [-0.2, -0.15) is 0 Å². The number of carbonyl (C=O) groups excluding carboxylic acids is 2. The highest BCUT2D eigenvalue weighted by molar-refractivity contribution is 5.91. The number of furan rings is 1.